The highest BCUT2D eigenvalue weighted by molar-refractivity contribution is 6.42. The van der Waals surface area contributed by atoms with Crippen LogP contribution in [0.1, 0.15) is 44.2 Å². The lowest BCUT2D eigenvalue weighted by molar-refractivity contribution is -0.119. The third kappa shape index (κ3) is 9.28. The van der Waals surface area contributed by atoms with Gasteiger partial charge in [-0.1, -0.05) is 79.9 Å². The summed E-state index contributed by atoms with van der Waals surface area (Å²) < 4.78 is 0. The summed E-state index contributed by atoms with van der Waals surface area (Å²) in [4.78, 5) is 15.8. The van der Waals surface area contributed by atoms with E-state index >= 15 is 0 Å². The Morgan fingerprint density at radius 3 is 2.36 bits per heavy atom. The van der Waals surface area contributed by atoms with Gasteiger partial charge in [0.25, 0.3) is 0 Å². The van der Waals surface area contributed by atoms with E-state index in [1.807, 2.05) is 18.2 Å². The van der Waals surface area contributed by atoms with E-state index in [4.69, 9.17) is 28.9 Å². The van der Waals surface area contributed by atoms with E-state index in [-0.39, 0.29) is 6.04 Å². The fraction of sp³-hybridized carbons (Fsp3) is 0.423. The van der Waals surface area contributed by atoms with Gasteiger partial charge in [0.2, 0.25) is 6.41 Å². The van der Waals surface area contributed by atoms with Crippen LogP contribution in [0.15, 0.2) is 60.6 Å². The Balaban J connectivity index is 0.00000122. The van der Waals surface area contributed by atoms with E-state index < -0.39 is 0 Å². The van der Waals surface area contributed by atoms with Crippen molar-refractivity contribution in [3.63, 3.8) is 0 Å². The minimum atomic E-state index is 0.124. The summed E-state index contributed by atoms with van der Waals surface area (Å²) in [5, 5.41) is 4.19. The second-order valence-corrected chi connectivity index (χ2v) is 9.04. The third-order valence-corrected chi connectivity index (χ3v) is 6.20. The maximum Gasteiger partial charge on any atom is 0.215 e. The first kappa shape index (κ1) is 27.0. The molecule has 7 heteroatoms. The molecule has 1 amide bonds. The van der Waals surface area contributed by atoms with Gasteiger partial charge in [-0.15, -0.1) is 0 Å². The van der Waals surface area contributed by atoms with Gasteiger partial charge in [0, 0.05) is 38.4 Å². The molecule has 0 spiro atoms. The average molecular weight is 492 g/mol. The SMILES string of the molecule is CCC.N/C(=C\NCc1ccc(Cl)c(Cl)c1)N(C=O)C1CCN(CCc2ccccc2)CC1. The topological polar surface area (TPSA) is 61.6 Å². The minimum Gasteiger partial charge on any atom is -0.384 e. The van der Waals surface area contributed by atoms with Gasteiger partial charge < -0.3 is 16.0 Å². The molecule has 1 saturated heterocycles. The Kier molecular flexibility index (Phi) is 12.2. The molecule has 1 aliphatic rings. The van der Waals surface area contributed by atoms with Gasteiger partial charge in [-0.3, -0.25) is 9.69 Å². The van der Waals surface area contributed by atoms with E-state index in [9.17, 15) is 4.79 Å². The van der Waals surface area contributed by atoms with E-state index in [0.717, 1.165) is 50.9 Å². The molecule has 0 unspecified atom stereocenters. The fourth-order valence-corrected chi connectivity index (χ4v) is 4.03. The summed E-state index contributed by atoms with van der Waals surface area (Å²) >= 11 is 12.0. The van der Waals surface area contributed by atoms with Gasteiger partial charge in [0.15, 0.2) is 0 Å². The summed E-state index contributed by atoms with van der Waals surface area (Å²) in [5.74, 6) is 0.424. The number of nitrogens with one attached hydrogen (secondary N) is 1. The average Bonchev–Trinajstić information content (AvgIpc) is 2.82. The standard InChI is InChI=1S/C23H28Cl2N4O.C3H8/c24-21-7-6-19(14-22(21)25)15-27-16-23(26)29(17-30)20-9-12-28(13-10-20)11-8-18-4-2-1-3-5-18;1-3-2/h1-7,14,16-17,20,27H,8-13,15,26H2;3H2,1-2H3/b23-16+;. The summed E-state index contributed by atoms with van der Waals surface area (Å²) in [5.41, 5.74) is 8.52. The van der Waals surface area contributed by atoms with Crippen molar-refractivity contribution in [1.29, 1.82) is 0 Å². The van der Waals surface area contributed by atoms with Crippen LogP contribution in [0.5, 0.6) is 0 Å². The zero-order chi connectivity index (χ0) is 24.1. The Morgan fingerprint density at radius 1 is 1.09 bits per heavy atom. The number of likely N-dealkylation sites (tertiary alicyclic amines) is 1. The zero-order valence-corrected chi connectivity index (χ0v) is 21.2. The number of halogens is 2. The molecule has 33 heavy (non-hydrogen) atoms. The van der Waals surface area contributed by atoms with Crippen LogP contribution in [0.2, 0.25) is 10.0 Å². The fourth-order valence-electron chi connectivity index (χ4n) is 3.71. The van der Waals surface area contributed by atoms with Gasteiger partial charge >= 0.3 is 0 Å². The Bertz CT molecular complexity index is 868. The van der Waals surface area contributed by atoms with Gasteiger partial charge in [-0.05, 0) is 42.5 Å². The molecule has 180 valence electrons. The van der Waals surface area contributed by atoms with Gasteiger partial charge in [-0.25, -0.2) is 0 Å². The van der Waals surface area contributed by atoms with E-state index in [1.54, 1.807) is 17.2 Å². The van der Waals surface area contributed by atoms with Gasteiger partial charge in [-0.2, -0.15) is 0 Å². The van der Waals surface area contributed by atoms with Crippen LogP contribution in [-0.2, 0) is 17.8 Å². The van der Waals surface area contributed by atoms with E-state index in [1.165, 1.54) is 12.0 Å². The molecule has 0 bridgehead atoms. The number of nitrogens with two attached hydrogens (primary N) is 1. The quantitative estimate of drug-likeness (QED) is 0.460. The van der Waals surface area contributed by atoms with E-state index in [0.29, 0.717) is 22.4 Å². The highest BCUT2D eigenvalue weighted by Gasteiger charge is 2.25. The largest absolute Gasteiger partial charge is 0.384 e. The van der Waals surface area contributed by atoms with Crippen LogP contribution in [0.25, 0.3) is 0 Å². The first-order valence-corrected chi connectivity index (χ1v) is 12.4. The Labute approximate surface area is 208 Å². The molecule has 3 rings (SSSR count). The number of nitrogens with zero attached hydrogens (tertiary/aromatic N) is 2. The first-order chi connectivity index (χ1) is 16.0. The molecule has 1 fully saturated rings. The molecule has 0 aliphatic carbocycles. The maximum absolute atomic E-state index is 11.7. The van der Waals surface area contributed by atoms with Crippen molar-refractivity contribution in [2.75, 3.05) is 19.6 Å². The predicted molar refractivity (Wildman–Crippen MR) is 139 cm³/mol. The van der Waals surface area contributed by atoms with Crippen LogP contribution in [0.3, 0.4) is 0 Å². The number of benzene rings is 2. The van der Waals surface area contributed by atoms with Crippen LogP contribution in [0, 0.1) is 0 Å². The molecule has 0 aromatic heterocycles. The molecule has 2 aromatic carbocycles. The maximum atomic E-state index is 11.7. The smallest absolute Gasteiger partial charge is 0.215 e. The lowest BCUT2D eigenvalue weighted by Crippen LogP contribution is -2.46. The Hall–Kier alpha value is -2.21. The molecule has 5 nitrogen and oxygen atoms in total. The number of hydrogen-bond acceptors (Lipinski definition) is 4. The molecule has 3 N–H and O–H groups in total. The monoisotopic (exact) mass is 490 g/mol. The molecule has 1 aliphatic heterocycles. The minimum absolute atomic E-state index is 0.124. The summed E-state index contributed by atoms with van der Waals surface area (Å²) in [6.07, 6.45) is 6.63. The van der Waals surface area contributed by atoms with Crippen molar-refractivity contribution >= 4 is 29.6 Å². The molecule has 1 heterocycles. The van der Waals surface area contributed by atoms with Crippen LogP contribution < -0.4 is 11.1 Å². The van der Waals surface area contributed by atoms with Crippen molar-refractivity contribution in [3.8, 4) is 0 Å². The van der Waals surface area contributed by atoms with Crippen molar-refractivity contribution in [2.24, 2.45) is 5.73 Å². The number of piperidine rings is 1. The second-order valence-electron chi connectivity index (χ2n) is 8.23. The number of amides is 1. The van der Waals surface area contributed by atoms with Crippen molar-refractivity contribution < 1.29 is 4.79 Å². The van der Waals surface area contributed by atoms with Crippen LogP contribution in [0.4, 0.5) is 0 Å². The molecule has 0 saturated carbocycles. The normalized spacial score (nSPS) is 14.8. The lowest BCUT2D eigenvalue weighted by atomic mass is 10.0. The lowest BCUT2D eigenvalue weighted by Gasteiger charge is -2.36. The van der Waals surface area contributed by atoms with E-state index in [2.05, 4.69) is 48.3 Å². The van der Waals surface area contributed by atoms with Gasteiger partial charge in [0.05, 0.1) is 10.0 Å². The van der Waals surface area contributed by atoms with Crippen molar-refractivity contribution in [1.82, 2.24) is 15.1 Å². The van der Waals surface area contributed by atoms with Crippen LogP contribution >= 0.6 is 23.2 Å². The second kappa shape index (κ2) is 14.8. The molecular weight excluding hydrogens is 455 g/mol. The summed E-state index contributed by atoms with van der Waals surface area (Å²) in [6.45, 7) is 7.76. The number of rotatable bonds is 9. The molecule has 2 aromatic rings. The third-order valence-electron chi connectivity index (χ3n) is 5.46. The zero-order valence-electron chi connectivity index (χ0n) is 19.6. The summed E-state index contributed by atoms with van der Waals surface area (Å²) in [7, 11) is 0. The highest BCUT2D eigenvalue weighted by Crippen LogP contribution is 2.22. The predicted octanol–water partition coefficient (Wildman–Crippen LogP) is 5.42. The van der Waals surface area contributed by atoms with Crippen molar-refractivity contribution in [3.05, 3.63) is 81.7 Å². The van der Waals surface area contributed by atoms with Crippen molar-refractivity contribution in [2.45, 2.75) is 52.1 Å². The number of hydrogen-bond donors (Lipinski definition) is 2. The highest BCUT2D eigenvalue weighted by atomic mass is 35.5. The molecule has 0 radical (unpaired) electrons. The molecular formula is C26H36Cl2N4O. The number of carbonyl (C=O) groups is 1. The first-order valence-electron chi connectivity index (χ1n) is 11.6. The Morgan fingerprint density at radius 2 is 1.76 bits per heavy atom. The summed E-state index contributed by atoms with van der Waals surface area (Å²) in [6, 6.07) is 16.1. The van der Waals surface area contributed by atoms with Crippen LogP contribution in [-0.4, -0.2) is 41.9 Å². The molecule has 0 atom stereocenters. The van der Waals surface area contributed by atoms with Gasteiger partial charge in [0.1, 0.15) is 5.82 Å². The number of carbonyl (C=O) groups excluding carboxylic acids is 1.